The summed E-state index contributed by atoms with van der Waals surface area (Å²) < 4.78 is 29.1. The Hall–Kier alpha value is -11.3. The minimum atomic E-state index is -1.02. The lowest BCUT2D eigenvalue weighted by atomic mass is 10.0. The zero-order valence-electron chi connectivity index (χ0n) is 52.8. The van der Waals surface area contributed by atoms with E-state index in [2.05, 4.69) is 41.5 Å². The smallest absolute Gasteiger partial charge is 0.409 e. The summed E-state index contributed by atoms with van der Waals surface area (Å²) in [7, 11) is 3.06. The Morgan fingerprint density at radius 1 is 0.796 bits per heavy atom. The van der Waals surface area contributed by atoms with E-state index in [0.717, 1.165) is 28.4 Å². The average Bonchev–Trinajstić information content (AvgIpc) is 1.61. The van der Waals surface area contributed by atoms with E-state index >= 15 is 0 Å². The van der Waals surface area contributed by atoms with E-state index in [4.69, 9.17) is 35.1 Å². The van der Waals surface area contributed by atoms with E-state index in [9.17, 15) is 43.2 Å². The summed E-state index contributed by atoms with van der Waals surface area (Å²) in [5, 5.41) is 25.3. The van der Waals surface area contributed by atoms with Crippen LogP contribution in [0.4, 0.5) is 16.4 Å². The molecule has 0 bridgehead atoms. The molecule has 1 aliphatic heterocycles. The SMILES string of the molecule is CCc1nc(C)oc1C(=O)Nc1nc2cc(C(N)=O)cc(OCCCN(C)C(=O)OCc3ccc(NC(=O)[C@H](C)NC(=O)[C@@H](NC(=O)CCN4C(=O)C=CC4=O)C(C)C)cc3)c2n1C/C=C/Cn1c2cc(-c3cc(C)nn3CC)nnc2c2cc(C(N)=O)cc(OC)c21. The van der Waals surface area contributed by atoms with E-state index in [1.165, 1.54) is 31.1 Å². The highest BCUT2D eigenvalue weighted by Crippen LogP contribution is 2.37. The summed E-state index contributed by atoms with van der Waals surface area (Å²) in [5.74, 6) is -4.19. The Bertz CT molecular complexity index is 4290. The summed E-state index contributed by atoms with van der Waals surface area (Å²) in [5.41, 5.74) is 18.0. The summed E-state index contributed by atoms with van der Waals surface area (Å²) in [4.78, 5) is 127. The van der Waals surface area contributed by atoms with Crippen LogP contribution in [0.1, 0.15) is 102 Å². The molecule has 9 rings (SSSR count). The largest absolute Gasteiger partial charge is 0.495 e. The van der Waals surface area contributed by atoms with Crippen LogP contribution in [0, 0.1) is 19.8 Å². The standard InChI is InChI=1S/C64H72N16O13/c1-10-43-57(93-37(7)68-43)62(88)72-63-70-45-29-40(59(66)85)31-49(56(45)79(63)24-13-12-23-77-47-32-44(46-27-35(5)75-80(46)11-2)73-74-54(47)42-28-39(58(65)84)30-48(90-9)55(42)77)91-26-14-22-76(8)64(89)92-33-38-15-17-41(18-16-38)69-60(86)36(6)67-61(87)53(34(3)4)71-50(81)21-25-78-51(82)19-20-52(78)83/h12-13,15-20,27-32,34,36,53H,10-11,14,21-26,33H2,1-9H3,(H2,65,84)(H2,66,85)(H,67,87)(H,69,86)(H,71,81)(H,70,72,88)/b13-12+/t36-,53-/m0/s1. The van der Waals surface area contributed by atoms with Gasteiger partial charge in [0.05, 0.1) is 47.3 Å². The number of carbonyl (C=O) groups is 9. The molecule has 9 amide bonds. The first kappa shape index (κ1) is 66.2. The van der Waals surface area contributed by atoms with Crippen LogP contribution in [-0.4, -0.2) is 148 Å². The van der Waals surface area contributed by atoms with Gasteiger partial charge in [0.15, 0.2) is 5.89 Å². The molecule has 0 unspecified atom stereocenters. The fourth-order valence-corrected chi connectivity index (χ4v) is 10.5. The lowest BCUT2D eigenvalue weighted by Crippen LogP contribution is -2.54. The zero-order valence-corrected chi connectivity index (χ0v) is 52.8. The molecule has 6 heterocycles. The monoisotopic (exact) mass is 1270 g/mol. The number of nitrogens with one attached hydrogen (secondary N) is 4. The number of rotatable bonds is 28. The van der Waals surface area contributed by atoms with Crippen LogP contribution < -0.4 is 42.2 Å². The maximum Gasteiger partial charge on any atom is 0.409 e. The minimum Gasteiger partial charge on any atom is -0.495 e. The van der Waals surface area contributed by atoms with Crippen molar-refractivity contribution in [1.82, 2.24) is 59.5 Å². The molecule has 0 saturated carbocycles. The van der Waals surface area contributed by atoms with Crippen molar-refractivity contribution in [3.63, 3.8) is 0 Å². The number of imide groups is 1. The highest BCUT2D eigenvalue weighted by atomic mass is 16.6. The van der Waals surface area contributed by atoms with Gasteiger partial charge in [-0.15, -0.1) is 10.2 Å². The molecule has 0 fully saturated rings. The predicted molar refractivity (Wildman–Crippen MR) is 341 cm³/mol. The number of benzene rings is 3. The van der Waals surface area contributed by atoms with Gasteiger partial charge in [-0.05, 0) is 93.6 Å². The van der Waals surface area contributed by atoms with Crippen LogP contribution >= 0.6 is 0 Å². The second kappa shape index (κ2) is 28.7. The average molecular weight is 1270 g/mol. The number of fused-ring (bicyclic) bond motifs is 4. The number of aromatic nitrogens is 8. The molecule has 2 atom stereocenters. The molecule has 5 aromatic heterocycles. The minimum absolute atomic E-state index is 0.00445. The third kappa shape index (κ3) is 15.0. The van der Waals surface area contributed by atoms with Gasteiger partial charge in [0.2, 0.25) is 41.2 Å². The molecule has 0 radical (unpaired) electrons. The highest BCUT2D eigenvalue weighted by Gasteiger charge is 2.30. The first-order valence-corrected chi connectivity index (χ1v) is 30.0. The molecule has 1 aliphatic rings. The van der Waals surface area contributed by atoms with Crippen molar-refractivity contribution in [2.24, 2.45) is 17.4 Å². The van der Waals surface area contributed by atoms with Crippen molar-refractivity contribution in [2.75, 3.05) is 44.5 Å². The van der Waals surface area contributed by atoms with E-state index in [1.54, 1.807) is 68.8 Å². The third-order valence-corrected chi connectivity index (χ3v) is 15.3. The molecule has 93 heavy (non-hydrogen) atoms. The van der Waals surface area contributed by atoms with E-state index in [-0.39, 0.29) is 92.3 Å². The molecule has 0 spiro atoms. The molecule has 0 saturated heterocycles. The Kier molecular flexibility index (Phi) is 20.4. The van der Waals surface area contributed by atoms with Crippen LogP contribution in [0.15, 0.2) is 89.4 Å². The number of methoxy groups -OCH3 is 1. The number of aryl methyl sites for hydroxylation is 4. The highest BCUT2D eigenvalue weighted by molar-refractivity contribution is 6.13. The van der Waals surface area contributed by atoms with Gasteiger partial charge in [-0.25, -0.2) is 14.8 Å². The predicted octanol–water partition coefficient (Wildman–Crippen LogP) is 5.64. The molecule has 0 aliphatic carbocycles. The molecule has 29 nitrogen and oxygen atoms in total. The summed E-state index contributed by atoms with van der Waals surface area (Å²) in [6.07, 6.45) is 5.83. The van der Waals surface area contributed by atoms with Gasteiger partial charge in [-0.1, -0.05) is 45.1 Å². The van der Waals surface area contributed by atoms with Crippen LogP contribution in [0.25, 0.3) is 44.4 Å². The molecule has 8 N–H and O–H groups in total. The number of amides is 9. The number of hydrogen-bond acceptors (Lipinski definition) is 18. The molecular weight excluding hydrogens is 1200 g/mol. The van der Waals surface area contributed by atoms with Crippen molar-refractivity contribution < 1.29 is 61.8 Å². The molecular formula is C64H72N16O13. The topological polar surface area (TPSA) is 380 Å². The second-order valence-corrected chi connectivity index (χ2v) is 22.3. The van der Waals surface area contributed by atoms with E-state index < -0.39 is 65.4 Å². The Morgan fingerprint density at radius 2 is 1.48 bits per heavy atom. The molecule has 8 aromatic rings. The van der Waals surface area contributed by atoms with Crippen molar-refractivity contribution in [2.45, 2.75) is 106 Å². The van der Waals surface area contributed by atoms with Crippen LogP contribution in [0.2, 0.25) is 0 Å². The number of allylic oxidation sites excluding steroid dienone is 2. The van der Waals surface area contributed by atoms with Gasteiger partial charge in [0.25, 0.3) is 17.7 Å². The number of imidazole rings is 1. The van der Waals surface area contributed by atoms with Crippen molar-refractivity contribution in [1.29, 1.82) is 0 Å². The number of nitrogens with two attached hydrogens (primary N) is 2. The summed E-state index contributed by atoms with van der Waals surface area (Å²) in [6.45, 7) is 13.1. The van der Waals surface area contributed by atoms with Gasteiger partial charge in [0, 0.05) is 87.5 Å². The fourth-order valence-electron chi connectivity index (χ4n) is 10.5. The maximum absolute atomic E-state index is 14.0. The molecule has 3 aromatic carbocycles. The Balaban J connectivity index is 0.865. The Morgan fingerprint density at radius 3 is 2.15 bits per heavy atom. The van der Waals surface area contributed by atoms with Gasteiger partial charge in [-0.3, -0.25) is 53.3 Å². The quantitative estimate of drug-likeness (QED) is 0.0196. The number of hydrogen-bond donors (Lipinski definition) is 6. The first-order chi connectivity index (χ1) is 44.5. The summed E-state index contributed by atoms with van der Waals surface area (Å²) >= 11 is 0. The number of anilines is 2. The van der Waals surface area contributed by atoms with Crippen LogP contribution in [0.5, 0.6) is 11.5 Å². The fraction of sp³-hybridized carbons (Fsp3) is 0.344. The molecule has 486 valence electrons. The number of nitrogens with zero attached hydrogens (tertiary/aromatic N) is 10. The zero-order chi connectivity index (χ0) is 66.9. The first-order valence-electron chi connectivity index (χ1n) is 30.0. The van der Waals surface area contributed by atoms with Crippen molar-refractivity contribution in [3.05, 3.63) is 125 Å². The number of oxazole rings is 1. The van der Waals surface area contributed by atoms with E-state index in [1.807, 2.05) is 54.3 Å². The van der Waals surface area contributed by atoms with Gasteiger partial charge >= 0.3 is 6.09 Å². The van der Waals surface area contributed by atoms with Gasteiger partial charge < -0.3 is 60.1 Å². The normalized spacial score (nSPS) is 12.9. The third-order valence-electron chi connectivity index (χ3n) is 15.3. The van der Waals surface area contributed by atoms with E-state index in [0.29, 0.717) is 74.7 Å². The van der Waals surface area contributed by atoms with Crippen LogP contribution in [-0.2, 0) is 61.4 Å². The summed E-state index contributed by atoms with van der Waals surface area (Å²) in [6, 6.07) is 14.5. The second-order valence-electron chi connectivity index (χ2n) is 22.3. The number of ether oxygens (including phenoxy) is 3. The maximum atomic E-state index is 14.0. The lowest BCUT2D eigenvalue weighted by molar-refractivity contribution is -0.137. The molecule has 29 heteroatoms. The Labute approximate surface area is 532 Å². The van der Waals surface area contributed by atoms with Gasteiger partial charge in [0.1, 0.15) is 46.9 Å². The van der Waals surface area contributed by atoms with Crippen molar-refractivity contribution >= 4 is 98.0 Å². The van der Waals surface area contributed by atoms with Crippen molar-refractivity contribution in [3.8, 4) is 22.9 Å². The number of carbonyl (C=O) groups excluding carboxylic acids is 9. The van der Waals surface area contributed by atoms with Crippen LogP contribution in [0.3, 0.4) is 0 Å². The lowest BCUT2D eigenvalue weighted by Gasteiger charge is -2.24. The van der Waals surface area contributed by atoms with Gasteiger partial charge in [-0.2, -0.15) is 5.10 Å². The number of primary amides is 2.